The number of carbonyl (C=O) groups excluding carboxylic acids is 2. The number of thiophene rings is 1. The summed E-state index contributed by atoms with van der Waals surface area (Å²) in [4.78, 5) is 44.8. The second-order valence-corrected chi connectivity index (χ2v) is 11.6. The molecule has 2 amide bonds. The van der Waals surface area contributed by atoms with Crippen LogP contribution >= 0.6 is 11.3 Å². The van der Waals surface area contributed by atoms with Crippen molar-refractivity contribution >= 4 is 34.8 Å². The maximum absolute atomic E-state index is 14.1. The van der Waals surface area contributed by atoms with Gasteiger partial charge in [0.15, 0.2) is 5.69 Å². The zero-order valence-corrected chi connectivity index (χ0v) is 25.4. The molecule has 0 radical (unpaired) electrons. The van der Waals surface area contributed by atoms with E-state index in [1.54, 1.807) is 36.5 Å². The SMILES string of the molecule is CCCNC(=O)c1nc(C(=O)O)c(-c2cc3c(cc2C(=O)Nc2c(C)cc(CN)cc2C)-c2sccc2CCO3)cc1C. The number of benzene rings is 2. The fourth-order valence-electron chi connectivity index (χ4n) is 5.41. The van der Waals surface area contributed by atoms with Gasteiger partial charge >= 0.3 is 5.97 Å². The molecular formula is C33H34N4O5S. The Labute approximate surface area is 254 Å². The van der Waals surface area contributed by atoms with E-state index in [2.05, 4.69) is 21.7 Å². The molecule has 9 nitrogen and oxygen atoms in total. The van der Waals surface area contributed by atoms with Gasteiger partial charge in [-0.2, -0.15) is 0 Å². The minimum absolute atomic E-state index is 0.0288. The van der Waals surface area contributed by atoms with Crippen LogP contribution in [-0.4, -0.2) is 41.0 Å². The van der Waals surface area contributed by atoms with Crippen molar-refractivity contribution in [1.29, 1.82) is 0 Å². The molecular weight excluding hydrogens is 564 g/mol. The molecule has 0 fully saturated rings. The predicted molar refractivity (Wildman–Crippen MR) is 168 cm³/mol. The summed E-state index contributed by atoms with van der Waals surface area (Å²) in [7, 11) is 0. The second kappa shape index (κ2) is 12.4. The molecule has 1 aliphatic heterocycles. The molecule has 4 aromatic rings. The van der Waals surface area contributed by atoms with Gasteiger partial charge in [0.05, 0.1) is 6.61 Å². The summed E-state index contributed by atoms with van der Waals surface area (Å²) in [5.74, 6) is -1.63. The number of nitrogens with two attached hydrogens (primary N) is 1. The highest BCUT2D eigenvalue weighted by Crippen LogP contribution is 2.43. The number of nitrogens with one attached hydrogen (secondary N) is 2. The first-order valence-electron chi connectivity index (χ1n) is 14.2. The fraction of sp³-hybridized carbons (Fsp3) is 0.273. The topological polar surface area (TPSA) is 144 Å². The number of amides is 2. The number of rotatable bonds is 8. The van der Waals surface area contributed by atoms with E-state index in [0.29, 0.717) is 48.7 Å². The third-order valence-electron chi connectivity index (χ3n) is 7.51. The Kier molecular flexibility index (Phi) is 8.61. The zero-order valence-electron chi connectivity index (χ0n) is 24.6. The molecule has 0 saturated carbocycles. The van der Waals surface area contributed by atoms with Gasteiger partial charge in [-0.15, -0.1) is 11.3 Å². The van der Waals surface area contributed by atoms with Crippen LogP contribution in [0, 0.1) is 20.8 Å². The van der Waals surface area contributed by atoms with Crippen LogP contribution in [0.15, 0.2) is 41.8 Å². The largest absolute Gasteiger partial charge is 0.493 e. The Morgan fingerprint density at radius 1 is 0.977 bits per heavy atom. The van der Waals surface area contributed by atoms with E-state index >= 15 is 0 Å². The summed E-state index contributed by atoms with van der Waals surface area (Å²) in [6.45, 7) is 8.69. The van der Waals surface area contributed by atoms with Crippen molar-refractivity contribution in [1.82, 2.24) is 10.3 Å². The number of fused-ring (bicyclic) bond motifs is 3. The monoisotopic (exact) mass is 598 g/mol. The molecule has 222 valence electrons. The number of carboxylic acids is 1. The minimum Gasteiger partial charge on any atom is -0.493 e. The van der Waals surface area contributed by atoms with E-state index < -0.39 is 17.8 Å². The van der Waals surface area contributed by atoms with Crippen LogP contribution in [-0.2, 0) is 13.0 Å². The van der Waals surface area contributed by atoms with Crippen molar-refractivity contribution in [3.8, 4) is 27.3 Å². The van der Waals surface area contributed by atoms with E-state index in [1.165, 1.54) is 0 Å². The Morgan fingerprint density at radius 3 is 2.40 bits per heavy atom. The average molecular weight is 599 g/mol. The lowest BCUT2D eigenvalue weighted by atomic mass is 9.92. The van der Waals surface area contributed by atoms with Gasteiger partial charge in [-0.3, -0.25) is 9.59 Å². The Hall–Kier alpha value is -4.54. The highest BCUT2D eigenvalue weighted by molar-refractivity contribution is 7.13. The predicted octanol–water partition coefficient (Wildman–Crippen LogP) is 5.89. The molecule has 2 aromatic heterocycles. The lowest BCUT2D eigenvalue weighted by molar-refractivity contribution is 0.0691. The first kappa shape index (κ1) is 29.9. The molecule has 5 N–H and O–H groups in total. The van der Waals surface area contributed by atoms with Gasteiger partial charge in [0.2, 0.25) is 0 Å². The lowest BCUT2D eigenvalue weighted by Crippen LogP contribution is -2.27. The van der Waals surface area contributed by atoms with Gasteiger partial charge in [-0.1, -0.05) is 19.1 Å². The number of pyridine rings is 1. The van der Waals surface area contributed by atoms with Gasteiger partial charge in [0.25, 0.3) is 11.8 Å². The molecule has 0 aliphatic carbocycles. The van der Waals surface area contributed by atoms with E-state index in [4.69, 9.17) is 10.5 Å². The molecule has 0 saturated heterocycles. The molecule has 0 spiro atoms. The standard InChI is InChI=1S/C33H34N4O5S/c1-5-8-35-32(39)28-19(4)13-23(29(36-28)33(40)41)22-15-26-25(30-21(6-9-42-26)7-10-43-30)14-24(22)31(38)37-27-17(2)11-20(16-34)12-18(27)3/h7,10-15H,5-6,8-9,16,34H2,1-4H3,(H,35,39)(H,37,38)(H,40,41). The Morgan fingerprint density at radius 2 is 1.72 bits per heavy atom. The number of carboxylic acid groups (broad SMARTS) is 1. The Bertz CT molecular complexity index is 1740. The molecule has 0 atom stereocenters. The molecule has 3 heterocycles. The van der Waals surface area contributed by atoms with Crippen molar-refractivity contribution in [3.05, 3.63) is 86.5 Å². The number of hydrogen-bond donors (Lipinski definition) is 4. The molecule has 0 bridgehead atoms. The van der Waals surface area contributed by atoms with E-state index in [0.717, 1.165) is 39.1 Å². The van der Waals surface area contributed by atoms with E-state index in [9.17, 15) is 19.5 Å². The quantitative estimate of drug-likeness (QED) is 0.198. The lowest BCUT2D eigenvalue weighted by Gasteiger charge is -2.19. The summed E-state index contributed by atoms with van der Waals surface area (Å²) < 4.78 is 6.14. The summed E-state index contributed by atoms with van der Waals surface area (Å²) in [5.41, 5.74) is 12.1. The summed E-state index contributed by atoms with van der Waals surface area (Å²) in [6, 6.07) is 11.0. The Balaban J connectivity index is 1.71. The van der Waals surface area contributed by atoms with Crippen molar-refractivity contribution < 1.29 is 24.2 Å². The van der Waals surface area contributed by atoms with Crippen molar-refractivity contribution in [2.45, 2.75) is 47.1 Å². The number of carbonyl (C=O) groups is 3. The van der Waals surface area contributed by atoms with Gasteiger partial charge in [-0.25, -0.2) is 9.78 Å². The number of nitrogens with zero attached hydrogens (tertiary/aromatic N) is 1. The van der Waals surface area contributed by atoms with Crippen LogP contribution in [0.2, 0.25) is 0 Å². The molecule has 0 unspecified atom stereocenters. The van der Waals surface area contributed by atoms with Gasteiger partial charge < -0.3 is 26.2 Å². The van der Waals surface area contributed by atoms with Crippen LogP contribution in [0.5, 0.6) is 5.75 Å². The highest BCUT2D eigenvalue weighted by Gasteiger charge is 2.28. The van der Waals surface area contributed by atoms with Crippen LogP contribution in [0.4, 0.5) is 5.69 Å². The number of aryl methyl sites for hydroxylation is 3. The summed E-state index contributed by atoms with van der Waals surface area (Å²) >= 11 is 1.56. The first-order valence-corrected chi connectivity index (χ1v) is 15.0. The molecule has 1 aliphatic rings. The normalized spacial score (nSPS) is 12.0. The van der Waals surface area contributed by atoms with Crippen LogP contribution in [0.1, 0.15) is 72.5 Å². The maximum Gasteiger partial charge on any atom is 0.355 e. The third-order valence-corrected chi connectivity index (χ3v) is 8.50. The van der Waals surface area contributed by atoms with Gasteiger partial charge in [0, 0.05) is 52.3 Å². The summed E-state index contributed by atoms with van der Waals surface area (Å²) in [5, 5.41) is 18.1. The van der Waals surface area contributed by atoms with Crippen LogP contribution < -0.4 is 21.1 Å². The van der Waals surface area contributed by atoms with E-state index in [-0.39, 0.29) is 22.5 Å². The molecule has 5 rings (SSSR count). The number of aromatic carboxylic acids is 1. The fourth-order valence-corrected chi connectivity index (χ4v) is 6.39. The number of ether oxygens (including phenoxy) is 1. The molecule has 43 heavy (non-hydrogen) atoms. The number of aromatic nitrogens is 1. The number of hydrogen-bond acceptors (Lipinski definition) is 7. The van der Waals surface area contributed by atoms with Crippen molar-refractivity contribution in [2.24, 2.45) is 5.73 Å². The van der Waals surface area contributed by atoms with Gasteiger partial charge in [0.1, 0.15) is 11.4 Å². The van der Waals surface area contributed by atoms with Crippen molar-refractivity contribution in [3.63, 3.8) is 0 Å². The average Bonchev–Trinajstić information content (AvgIpc) is 3.38. The minimum atomic E-state index is -1.31. The zero-order chi connectivity index (χ0) is 30.8. The molecule has 2 aromatic carbocycles. The van der Waals surface area contributed by atoms with Crippen LogP contribution in [0.25, 0.3) is 21.6 Å². The summed E-state index contributed by atoms with van der Waals surface area (Å²) in [6.07, 6.45) is 1.43. The number of anilines is 1. The smallest absolute Gasteiger partial charge is 0.355 e. The second-order valence-electron chi connectivity index (χ2n) is 10.6. The van der Waals surface area contributed by atoms with Crippen LogP contribution in [0.3, 0.4) is 0 Å². The van der Waals surface area contributed by atoms with Crippen molar-refractivity contribution in [2.75, 3.05) is 18.5 Å². The van der Waals surface area contributed by atoms with E-state index in [1.807, 2.05) is 38.3 Å². The maximum atomic E-state index is 14.1. The third kappa shape index (κ3) is 5.89. The van der Waals surface area contributed by atoms with Gasteiger partial charge in [-0.05, 0) is 84.7 Å². The molecule has 10 heteroatoms. The highest BCUT2D eigenvalue weighted by atomic mass is 32.1. The first-order chi connectivity index (χ1) is 20.6.